The number of hydrogen-bond donors (Lipinski definition) is 1. The highest BCUT2D eigenvalue weighted by molar-refractivity contribution is 6.34. The van der Waals surface area contributed by atoms with Gasteiger partial charge < -0.3 is 5.32 Å². The molecule has 0 saturated carbocycles. The van der Waals surface area contributed by atoms with Gasteiger partial charge in [-0.15, -0.1) is 0 Å². The lowest BCUT2D eigenvalue weighted by Crippen LogP contribution is -2.29. The second kappa shape index (κ2) is 7.72. The Hall–Kier alpha value is -4.93. The van der Waals surface area contributed by atoms with E-state index in [9.17, 15) is 34.6 Å². The van der Waals surface area contributed by atoms with Crippen LogP contribution < -0.4 is 10.2 Å². The maximum atomic E-state index is 12.9. The van der Waals surface area contributed by atoms with Gasteiger partial charge in [0.05, 0.1) is 26.7 Å². The predicted molar refractivity (Wildman–Crippen MR) is 112 cm³/mol. The van der Waals surface area contributed by atoms with Crippen LogP contribution in [0.4, 0.5) is 22.7 Å². The van der Waals surface area contributed by atoms with Crippen molar-refractivity contribution in [3.05, 3.63) is 104 Å². The molecule has 0 atom stereocenters. The minimum Gasteiger partial charge on any atom is -0.322 e. The molecule has 0 radical (unpaired) electrons. The van der Waals surface area contributed by atoms with Gasteiger partial charge in [0.1, 0.15) is 0 Å². The second-order valence-corrected chi connectivity index (χ2v) is 6.74. The maximum absolute atomic E-state index is 12.9. The summed E-state index contributed by atoms with van der Waals surface area (Å²) in [7, 11) is 0. The lowest BCUT2D eigenvalue weighted by molar-refractivity contribution is -0.385. The molecular formula is C21H12N4O7. The zero-order valence-corrected chi connectivity index (χ0v) is 16.1. The van der Waals surface area contributed by atoms with E-state index in [0.29, 0.717) is 0 Å². The first-order chi connectivity index (χ1) is 15.3. The molecule has 0 spiro atoms. The van der Waals surface area contributed by atoms with Gasteiger partial charge in [-0.25, -0.2) is 4.90 Å². The van der Waals surface area contributed by atoms with E-state index in [-0.39, 0.29) is 39.4 Å². The summed E-state index contributed by atoms with van der Waals surface area (Å²) in [6, 6.07) is 14.3. The Balaban J connectivity index is 1.62. The van der Waals surface area contributed by atoms with E-state index < -0.39 is 27.6 Å². The van der Waals surface area contributed by atoms with Crippen molar-refractivity contribution >= 4 is 40.5 Å². The third kappa shape index (κ3) is 3.54. The molecular weight excluding hydrogens is 420 g/mol. The summed E-state index contributed by atoms with van der Waals surface area (Å²) in [6.45, 7) is 0. The monoisotopic (exact) mass is 432 g/mol. The van der Waals surface area contributed by atoms with Crippen molar-refractivity contribution in [2.24, 2.45) is 0 Å². The highest BCUT2D eigenvalue weighted by atomic mass is 16.6. The fourth-order valence-electron chi connectivity index (χ4n) is 3.26. The zero-order chi connectivity index (χ0) is 23.0. The number of anilines is 2. The molecule has 11 heteroatoms. The highest BCUT2D eigenvalue weighted by Gasteiger charge is 2.37. The van der Waals surface area contributed by atoms with Crippen LogP contribution in [0.2, 0.25) is 0 Å². The number of non-ortho nitro benzene ring substituents is 2. The SMILES string of the molecule is O=C(Nc1cccc([N+](=O)[O-])c1)c1ccc2c(c1)C(=O)N(c1cccc([N+](=O)[O-])c1)C2=O. The van der Waals surface area contributed by atoms with E-state index in [1.165, 1.54) is 60.7 Å². The lowest BCUT2D eigenvalue weighted by atomic mass is 10.1. The standard InChI is InChI=1S/C21H12N4O7/c26-19(22-13-3-1-5-15(10-13)24(29)30)12-7-8-17-18(9-12)21(28)23(20(17)27)14-4-2-6-16(11-14)25(31)32/h1-11H,(H,22,26). The molecule has 3 aromatic carbocycles. The van der Waals surface area contributed by atoms with Gasteiger partial charge in [-0.3, -0.25) is 34.6 Å². The van der Waals surface area contributed by atoms with Crippen molar-refractivity contribution in [2.75, 3.05) is 10.2 Å². The maximum Gasteiger partial charge on any atom is 0.271 e. The summed E-state index contributed by atoms with van der Waals surface area (Å²) < 4.78 is 0. The van der Waals surface area contributed by atoms with Crippen LogP contribution in [0, 0.1) is 20.2 Å². The summed E-state index contributed by atoms with van der Waals surface area (Å²) in [6.07, 6.45) is 0. The van der Waals surface area contributed by atoms with Crippen molar-refractivity contribution in [3.8, 4) is 0 Å². The van der Waals surface area contributed by atoms with Crippen molar-refractivity contribution < 1.29 is 24.2 Å². The Kier molecular flexibility index (Phi) is 4.91. The van der Waals surface area contributed by atoms with E-state index in [4.69, 9.17) is 0 Å². The van der Waals surface area contributed by atoms with Crippen molar-refractivity contribution in [1.82, 2.24) is 0 Å². The number of imide groups is 1. The average Bonchev–Trinajstić information content (AvgIpc) is 3.03. The third-order valence-electron chi connectivity index (χ3n) is 4.76. The van der Waals surface area contributed by atoms with Gasteiger partial charge in [0.25, 0.3) is 29.1 Å². The number of hydrogen-bond acceptors (Lipinski definition) is 7. The number of nitrogens with zero attached hydrogens (tertiary/aromatic N) is 3. The van der Waals surface area contributed by atoms with E-state index >= 15 is 0 Å². The number of carbonyl (C=O) groups is 3. The number of nitro benzene ring substituents is 2. The fraction of sp³-hybridized carbons (Fsp3) is 0. The molecule has 0 aromatic heterocycles. The molecule has 1 aliphatic rings. The minimum atomic E-state index is -0.726. The van der Waals surface area contributed by atoms with Crippen molar-refractivity contribution in [1.29, 1.82) is 0 Å². The first kappa shape index (κ1) is 20.3. The van der Waals surface area contributed by atoms with Crippen molar-refractivity contribution in [2.45, 2.75) is 0 Å². The number of fused-ring (bicyclic) bond motifs is 1. The number of nitro groups is 2. The Morgan fingerprint density at radius 1 is 0.781 bits per heavy atom. The Bertz CT molecular complexity index is 1340. The largest absolute Gasteiger partial charge is 0.322 e. The number of carbonyl (C=O) groups excluding carboxylic acids is 3. The smallest absolute Gasteiger partial charge is 0.271 e. The summed E-state index contributed by atoms with van der Waals surface area (Å²) >= 11 is 0. The van der Waals surface area contributed by atoms with Crippen LogP contribution in [0.1, 0.15) is 31.1 Å². The predicted octanol–water partition coefficient (Wildman–Crippen LogP) is 3.56. The highest BCUT2D eigenvalue weighted by Crippen LogP contribution is 2.31. The second-order valence-electron chi connectivity index (χ2n) is 6.74. The first-order valence-electron chi connectivity index (χ1n) is 9.09. The first-order valence-corrected chi connectivity index (χ1v) is 9.09. The van der Waals surface area contributed by atoms with E-state index in [1.54, 1.807) is 0 Å². The normalized spacial score (nSPS) is 12.4. The van der Waals surface area contributed by atoms with Gasteiger partial charge in [0.15, 0.2) is 0 Å². The van der Waals surface area contributed by atoms with E-state index in [0.717, 1.165) is 11.0 Å². The van der Waals surface area contributed by atoms with Crippen LogP contribution >= 0.6 is 0 Å². The van der Waals surface area contributed by atoms with Gasteiger partial charge >= 0.3 is 0 Å². The number of benzene rings is 3. The molecule has 0 unspecified atom stereocenters. The van der Waals surface area contributed by atoms with Gasteiger partial charge in [0, 0.05) is 35.5 Å². The summed E-state index contributed by atoms with van der Waals surface area (Å²) in [4.78, 5) is 59.7. The van der Waals surface area contributed by atoms with Gasteiger partial charge in [-0.1, -0.05) is 12.1 Å². The molecule has 0 aliphatic carbocycles. The number of amides is 3. The van der Waals surface area contributed by atoms with Gasteiger partial charge in [0.2, 0.25) is 0 Å². The number of nitrogens with one attached hydrogen (secondary N) is 1. The summed E-state index contributed by atoms with van der Waals surface area (Å²) in [5.41, 5.74) is -0.196. The molecule has 0 bridgehead atoms. The summed E-state index contributed by atoms with van der Waals surface area (Å²) in [5, 5.41) is 24.4. The van der Waals surface area contributed by atoms with Crippen LogP contribution in [-0.4, -0.2) is 27.6 Å². The van der Waals surface area contributed by atoms with Crippen LogP contribution in [-0.2, 0) is 0 Å². The van der Waals surface area contributed by atoms with Gasteiger partial charge in [-0.2, -0.15) is 0 Å². The summed E-state index contributed by atoms with van der Waals surface area (Å²) in [5.74, 6) is -2.03. The van der Waals surface area contributed by atoms with Gasteiger partial charge in [-0.05, 0) is 30.3 Å². The topological polar surface area (TPSA) is 153 Å². The Labute approximate surface area is 179 Å². The molecule has 0 saturated heterocycles. The molecule has 3 aromatic rings. The van der Waals surface area contributed by atoms with Crippen LogP contribution in [0.15, 0.2) is 66.7 Å². The molecule has 32 heavy (non-hydrogen) atoms. The van der Waals surface area contributed by atoms with E-state index in [2.05, 4.69) is 5.32 Å². The molecule has 1 N–H and O–H groups in total. The van der Waals surface area contributed by atoms with Crippen molar-refractivity contribution in [3.63, 3.8) is 0 Å². The molecule has 1 aliphatic heterocycles. The lowest BCUT2D eigenvalue weighted by Gasteiger charge is -2.13. The molecule has 158 valence electrons. The van der Waals surface area contributed by atoms with Crippen LogP contribution in [0.25, 0.3) is 0 Å². The Morgan fingerprint density at radius 2 is 1.41 bits per heavy atom. The van der Waals surface area contributed by atoms with Crippen LogP contribution in [0.3, 0.4) is 0 Å². The molecule has 3 amide bonds. The fourth-order valence-corrected chi connectivity index (χ4v) is 3.26. The third-order valence-corrected chi connectivity index (χ3v) is 4.76. The van der Waals surface area contributed by atoms with E-state index in [1.807, 2.05) is 0 Å². The molecule has 4 rings (SSSR count). The minimum absolute atomic E-state index is 0.0341. The number of rotatable bonds is 5. The average molecular weight is 432 g/mol. The van der Waals surface area contributed by atoms with Crippen LogP contribution in [0.5, 0.6) is 0 Å². The Morgan fingerprint density at radius 3 is 2.09 bits per heavy atom. The molecule has 1 heterocycles. The zero-order valence-electron chi connectivity index (χ0n) is 16.1. The molecule has 11 nitrogen and oxygen atoms in total. The quantitative estimate of drug-likeness (QED) is 0.367. The molecule has 0 fully saturated rings.